The Hall–Kier alpha value is -1.35. The molecule has 0 spiro atoms. The van der Waals surface area contributed by atoms with Crippen LogP contribution >= 0.6 is 0 Å². The Balaban J connectivity index is 2.86. The van der Waals surface area contributed by atoms with Crippen molar-refractivity contribution in [2.75, 3.05) is 5.73 Å². The lowest BCUT2D eigenvalue weighted by molar-refractivity contribution is 0.717. The van der Waals surface area contributed by atoms with Gasteiger partial charge in [0.2, 0.25) is 0 Å². The molecule has 3 nitrogen and oxygen atoms in total. The molecule has 64 valence electrons. The normalized spacial score (nSPS) is 12.4. The SMILES string of the molecule is C=CC[C@H](N)c1ncccc1N. The molecule has 1 heterocycles. The van der Waals surface area contributed by atoms with Crippen molar-refractivity contribution in [1.29, 1.82) is 0 Å². The first-order valence-corrected chi connectivity index (χ1v) is 3.82. The number of nitrogens with zero attached hydrogens (tertiary/aromatic N) is 1. The van der Waals surface area contributed by atoms with E-state index in [0.29, 0.717) is 12.1 Å². The maximum absolute atomic E-state index is 5.79. The number of nitrogens with two attached hydrogens (primary N) is 2. The van der Waals surface area contributed by atoms with Gasteiger partial charge in [-0.05, 0) is 18.6 Å². The summed E-state index contributed by atoms with van der Waals surface area (Å²) in [5.74, 6) is 0. The molecule has 0 radical (unpaired) electrons. The molecule has 0 aliphatic rings. The van der Waals surface area contributed by atoms with Crippen LogP contribution in [-0.2, 0) is 0 Å². The van der Waals surface area contributed by atoms with Crippen LogP contribution in [0.25, 0.3) is 0 Å². The number of nitrogen functional groups attached to an aromatic ring is 1. The lowest BCUT2D eigenvalue weighted by Crippen LogP contribution is -2.13. The molecule has 1 atom stereocenters. The molecule has 0 saturated heterocycles. The highest BCUT2D eigenvalue weighted by Gasteiger charge is 2.07. The van der Waals surface area contributed by atoms with Gasteiger partial charge in [0, 0.05) is 6.20 Å². The average Bonchev–Trinajstić information content (AvgIpc) is 2.05. The van der Waals surface area contributed by atoms with Crippen LogP contribution in [0.2, 0.25) is 0 Å². The molecular formula is C9H13N3. The summed E-state index contributed by atoms with van der Waals surface area (Å²) >= 11 is 0. The van der Waals surface area contributed by atoms with Crippen molar-refractivity contribution < 1.29 is 0 Å². The lowest BCUT2D eigenvalue weighted by atomic mass is 10.1. The maximum Gasteiger partial charge on any atom is 0.0802 e. The molecule has 0 aliphatic heterocycles. The van der Waals surface area contributed by atoms with Crippen LogP contribution in [0.4, 0.5) is 5.69 Å². The van der Waals surface area contributed by atoms with Gasteiger partial charge in [0.05, 0.1) is 17.4 Å². The van der Waals surface area contributed by atoms with Crippen molar-refractivity contribution in [3.8, 4) is 0 Å². The summed E-state index contributed by atoms with van der Waals surface area (Å²) in [7, 11) is 0. The smallest absolute Gasteiger partial charge is 0.0802 e. The lowest BCUT2D eigenvalue weighted by Gasteiger charge is -2.09. The van der Waals surface area contributed by atoms with Gasteiger partial charge in [0.15, 0.2) is 0 Å². The van der Waals surface area contributed by atoms with E-state index in [4.69, 9.17) is 11.5 Å². The van der Waals surface area contributed by atoms with Crippen LogP contribution in [0.3, 0.4) is 0 Å². The fourth-order valence-corrected chi connectivity index (χ4v) is 1.03. The van der Waals surface area contributed by atoms with E-state index in [-0.39, 0.29) is 6.04 Å². The third-order valence-corrected chi connectivity index (χ3v) is 1.64. The van der Waals surface area contributed by atoms with Crippen molar-refractivity contribution in [2.45, 2.75) is 12.5 Å². The molecule has 0 saturated carbocycles. The summed E-state index contributed by atoms with van der Waals surface area (Å²) in [5, 5.41) is 0. The first-order valence-electron chi connectivity index (χ1n) is 3.82. The molecule has 0 aliphatic carbocycles. The summed E-state index contributed by atoms with van der Waals surface area (Å²) in [4.78, 5) is 4.10. The third kappa shape index (κ3) is 1.83. The van der Waals surface area contributed by atoms with E-state index in [2.05, 4.69) is 11.6 Å². The highest BCUT2D eigenvalue weighted by Crippen LogP contribution is 2.17. The van der Waals surface area contributed by atoms with Gasteiger partial charge in [-0.1, -0.05) is 6.08 Å². The Labute approximate surface area is 72.1 Å². The van der Waals surface area contributed by atoms with Gasteiger partial charge in [-0.2, -0.15) is 0 Å². The topological polar surface area (TPSA) is 64.9 Å². The molecule has 0 aromatic carbocycles. The van der Waals surface area contributed by atoms with E-state index < -0.39 is 0 Å². The Morgan fingerprint density at radius 1 is 1.67 bits per heavy atom. The quantitative estimate of drug-likeness (QED) is 0.659. The van der Waals surface area contributed by atoms with Crippen LogP contribution in [0.1, 0.15) is 18.2 Å². The van der Waals surface area contributed by atoms with Gasteiger partial charge in [0.25, 0.3) is 0 Å². The van der Waals surface area contributed by atoms with Crippen molar-refractivity contribution in [1.82, 2.24) is 4.98 Å². The molecule has 12 heavy (non-hydrogen) atoms. The standard InChI is InChI=1S/C9H13N3/c1-2-4-7(10)9-8(11)5-3-6-12-9/h2-3,5-7H,1,4,10-11H2/t7-/m0/s1. The second kappa shape index (κ2) is 3.88. The molecule has 1 aromatic rings. The highest BCUT2D eigenvalue weighted by molar-refractivity contribution is 5.43. The minimum Gasteiger partial charge on any atom is -0.397 e. The Bertz CT molecular complexity index is 270. The zero-order valence-corrected chi connectivity index (χ0v) is 6.90. The second-order valence-electron chi connectivity index (χ2n) is 2.61. The largest absolute Gasteiger partial charge is 0.397 e. The first-order chi connectivity index (χ1) is 5.75. The molecule has 1 rings (SSSR count). The highest BCUT2D eigenvalue weighted by atomic mass is 14.8. The van der Waals surface area contributed by atoms with Crippen molar-refractivity contribution >= 4 is 5.69 Å². The molecular weight excluding hydrogens is 150 g/mol. The summed E-state index contributed by atoms with van der Waals surface area (Å²) in [6.07, 6.45) is 4.15. The van der Waals surface area contributed by atoms with E-state index in [1.165, 1.54) is 0 Å². The van der Waals surface area contributed by atoms with Gasteiger partial charge < -0.3 is 11.5 Å². The number of hydrogen-bond acceptors (Lipinski definition) is 3. The maximum atomic E-state index is 5.79. The number of hydrogen-bond donors (Lipinski definition) is 2. The molecule has 0 unspecified atom stereocenters. The first kappa shape index (κ1) is 8.74. The predicted molar refractivity (Wildman–Crippen MR) is 50.4 cm³/mol. The number of rotatable bonds is 3. The molecule has 0 amide bonds. The second-order valence-corrected chi connectivity index (χ2v) is 2.61. The van der Waals surface area contributed by atoms with E-state index in [0.717, 1.165) is 5.69 Å². The van der Waals surface area contributed by atoms with Crippen LogP contribution in [0.5, 0.6) is 0 Å². The summed E-state index contributed by atoms with van der Waals surface area (Å²) in [5.41, 5.74) is 12.9. The van der Waals surface area contributed by atoms with Crippen LogP contribution in [0, 0.1) is 0 Å². The van der Waals surface area contributed by atoms with Gasteiger partial charge >= 0.3 is 0 Å². The zero-order chi connectivity index (χ0) is 8.97. The number of pyridine rings is 1. The van der Waals surface area contributed by atoms with Crippen LogP contribution in [0.15, 0.2) is 31.0 Å². The van der Waals surface area contributed by atoms with Crippen LogP contribution < -0.4 is 11.5 Å². The van der Waals surface area contributed by atoms with Crippen molar-refractivity contribution in [3.63, 3.8) is 0 Å². The molecule has 1 aromatic heterocycles. The van der Waals surface area contributed by atoms with E-state index >= 15 is 0 Å². The number of anilines is 1. The minimum absolute atomic E-state index is 0.135. The Morgan fingerprint density at radius 3 is 3.00 bits per heavy atom. The van der Waals surface area contributed by atoms with E-state index in [9.17, 15) is 0 Å². The molecule has 4 N–H and O–H groups in total. The molecule has 0 fully saturated rings. The summed E-state index contributed by atoms with van der Waals surface area (Å²) in [6.45, 7) is 3.61. The van der Waals surface area contributed by atoms with E-state index in [1.807, 2.05) is 0 Å². The third-order valence-electron chi connectivity index (χ3n) is 1.64. The fraction of sp³-hybridized carbons (Fsp3) is 0.222. The van der Waals surface area contributed by atoms with Gasteiger partial charge in [-0.15, -0.1) is 6.58 Å². The molecule has 3 heteroatoms. The summed E-state index contributed by atoms with van der Waals surface area (Å²) in [6, 6.07) is 3.45. The zero-order valence-electron chi connectivity index (χ0n) is 6.90. The summed E-state index contributed by atoms with van der Waals surface area (Å²) < 4.78 is 0. The minimum atomic E-state index is -0.135. The fourth-order valence-electron chi connectivity index (χ4n) is 1.03. The van der Waals surface area contributed by atoms with E-state index in [1.54, 1.807) is 24.4 Å². The van der Waals surface area contributed by atoms with Crippen molar-refractivity contribution in [3.05, 3.63) is 36.7 Å². The van der Waals surface area contributed by atoms with Crippen LogP contribution in [-0.4, -0.2) is 4.98 Å². The average molecular weight is 163 g/mol. The van der Waals surface area contributed by atoms with Crippen molar-refractivity contribution in [2.24, 2.45) is 5.73 Å². The Morgan fingerprint density at radius 2 is 2.42 bits per heavy atom. The molecule has 0 bridgehead atoms. The monoisotopic (exact) mass is 163 g/mol. The Kier molecular flexibility index (Phi) is 2.82. The number of aromatic nitrogens is 1. The van der Waals surface area contributed by atoms with Gasteiger partial charge in [0.1, 0.15) is 0 Å². The predicted octanol–water partition coefficient (Wildman–Crippen LogP) is 1.24. The van der Waals surface area contributed by atoms with Gasteiger partial charge in [-0.25, -0.2) is 0 Å². The van der Waals surface area contributed by atoms with Gasteiger partial charge in [-0.3, -0.25) is 4.98 Å².